The van der Waals surface area contributed by atoms with Crippen LogP contribution in [0, 0.1) is 0 Å². The molecule has 3 aromatic rings. The van der Waals surface area contributed by atoms with Crippen molar-refractivity contribution in [3.8, 4) is 0 Å². The van der Waals surface area contributed by atoms with E-state index in [4.69, 9.17) is 33.0 Å². The number of carboxylic acids is 2. The number of amides is 2. The van der Waals surface area contributed by atoms with Gasteiger partial charge in [-0.15, -0.1) is 11.8 Å². The van der Waals surface area contributed by atoms with Crippen molar-refractivity contribution in [2.75, 3.05) is 30.8 Å². The van der Waals surface area contributed by atoms with Crippen molar-refractivity contribution in [2.24, 2.45) is 5.16 Å². The number of nitrogens with zero attached hydrogens (tertiary/aromatic N) is 6. The van der Waals surface area contributed by atoms with E-state index in [1.165, 1.54) is 18.7 Å². The van der Waals surface area contributed by atoms with Crippen LogP contribution in [0.2, 0.25) is 4.34 Å². The molecule has 0 aliphatic carbocycles. The summed E-state index contributed by atoms with van der Waals surface area (Å²) in [5.41, 5.74) is 12.8. The molecule has 1 saturated heterocycles. The number of nitrogens with two attached hydrogens (primary N) is 2. The molecule has 20 heteroatoms. The molecule has 0 saturated carbocycles. The number of thiazole rings is 1. The lowest BCUT2D eigenvalue weighted by atomic mass is 10.0. The zero-order valence-corrected chi connectivity index (χ0v) is 26.1. The standard InChI is InChI=1S/C25H27ClN10O7S2/c1-10(22(39)40)43-33-14(13-17(26)45-25(28)31-13)19(37)30-15-20(38)36-16(23(41)42)11(9-44-21(15)36)8-34-6-3-4-12-18(34)32-24(27)35(12)7-5-29-2/h3-4,6,10,15,21,27,29H,5,7-9H2,1-2H3,(H5,28,30,31,37,39,40,41,42)/p+1/t10-,15+,21?/m0/s1. The predicted octanol–water partition coefficient (Wildman–Crippen LogP) is -0.550. The number of likely N-dealkylation sites (N-methyl/N-ethyl adjacent to an activating group) is 1. The number of carbonyl (C=O) groups is 4. The molecule has 17 nitrogen and oxygen atoms in total. The van der Waals surface area contributed by atoms with Crippen LogP contribution in [0.5, 0.6) is 0 Å². The quantitative estimate of drug-likeness (QED) is 0.0610. The maximum Gasteiger partial charge on any atom is 0.352 e. The Morgan fingerprint density at radius 3 is 2.71 bits per heavy atom. The summed E-state index contributed by atoms with van der Waals surface area (Å²) in [7, 11) is 1.83. The van der Waals surface area contributed by atoms with E-state index in [1.807, 2.05) is 23.7 Å². The highest BCUT2D eigenvalue weighted by molar-refractivity contribution is 8.00. The van der Waals surface area contributed by atoms with Crippen LogP contribution in [0.3, 0.4) is 0 Å². The lowest BCUT2D eigenvalue weighted by molar-refractivity contribution is -0.664. The highest BCUT2D eigenvalue weighted by Crippen LogP contribution is 2.40. The molecule has 0 aromatic carbocycles. The van der Waals surface area contributed by atoms with Crippen LogP contribution < -0.4 is 26.7 Å². The molecule has 1 unspecified atom stereocenters. The van der Waals surface area contributed by atoms with E-state index in [2.05, 4.69) is 25.8 Å². The largest absolute Gasteiger partial charge is 0.478 e. The van der Waals surface area contributed by atoms with Gasteiger partial charge in [-0.05, 0) is 31.1 Å². The fourth-order valence-corrected chi connectivity index (χ4v) is 7.06. The van der Waals surface area contributed by atoms with Gasteiger partial charge in [0.15, 0.2) is 10.8 Å². The zero-order chi connectivity index (χ0) is 32.6. The van der Waals surface area contributed by atoms with Crippen molar-refractivity contribution in [3.63, 3.8) is 0 Å². The van der Waals surface area contributed by atoms with E-state index >= 15 is 0 Å². The third-order valence-corrected chi connectivity index (χ3v) is 9.41. The molecule has 5 heterocycles. The van der Waals surface area contributed by atoms with Gasteiger partial charge >= 0.3 is 23.5 Å². The van der Waals surface area contributed by atoms with Crippen molar-refractivity contribution in [3.05, 3.63) is 39.6 Å². The molecule has 0 spiro atoms. The summed E-state index contributed by atoms with van der Waals surface area (Å²) in [6.07, 6.45) is 0.340. The van der Waals surface area contributed by atoms with Crippen molar-refractivity contribution < 1.29 is 38.8 Å². The number of β-lactam (4-membered cyclic amide) rings is 1. The van der Waals surface area contributed by atoms with Gasteiger partial charge in [-0.1, -0.05) is 28.1 Å². The average Bonchev–Trinajstić information content (AvgIpc) is 3.51. The summed E-state index contributed by atoms with van der Waals surface area (Å²) in [6, 6.07) is 2.55. The number of imidazole rings is 1. The van der Waals surface area contributed by atoms with Gasteiger partial charge in [0.2, 0.25) is 6.10 Å². The van der Waals surface area contributed by atoms with Crippen LogP contribution in [0.15, 0.2) is 34.8 Å². The van der Waals surface area contributed by atoms with Crippen LogP contribution in [-0.2, 0) is 37.1 Å². The number of nitrogens with one attached hydrogen (secondary N) is 2. The number of oxime groups is 1. The van der Waals surface area contributed by atoms with E-state index in [0.717, 1.165) is 21.8 Å². The number of carboxylic acid groups (broad SMARTS) is 2. The zero-order valence-electron chi connectivity index (χ0n) is 23.8. The summed E-state index contributed by atoms with van der Waals surface area (Å²) in [6.45, 7) is 2.57. The fourth-order valence-electron chi connectivity index (χ4n) is 4.79. The summed E-state index contributed by atoms with van der Waals surface area (Å²) >= 11 is 8.29. The predicted molar refractivity (Wildman–Crippen MR) is 164 cm³/mol. The number of anilines is 2. The SMILES string of the molecule is CNCCn1c(N)nc2c1ccc[n+]2CC1=C(C(=O)O)N2C(=O)[C@@H](NC(=O)C(=NO[C@@H](C)C(=O)O)c3nc(N)sc3Cl)C2SC1. The van der Waals surface area contributed by atoms with Crippen molar-refractivity contribution in [1.82, 2.24) is 30.1 Å². The number of aromatic nitrogens is 4. The highest BCUT2D eigenvalue weighted by atomic mass is 35.5. The van der Waals surface area contributed by atoms with E-state index in [0.29, 0.717) is 30.3 Å². The number of pyridine rings is 1. The molecule has 238 valence electrons. The average molecular weight is 680 g/mol. The number of hydrogen-bond acceptors (Lipinski definition) is 13. The molecule has 1 fully saturated rings. The van der Waals surface area contributed by atoms with Gasteiger partial charge in [-0.25, -0.2) is 19.1 Å². The molecule has 5 rings (SSSR count). The Bertz CT molecular complexity index is 1770. The van der Waals surface area contributed by atoms with Crippen LogP contribution in [-0.4, -0.2) is 96.0 Å². The lowest BCUT2D eigenvalue weighted by Gasteiger charge is -2.49. The van der Waals surface area contributed by atoms with Gasteiger partial charge in [-0.3, -0.25) is 19.1 Å². The molecular formula is C25H28ClN10O7S2+. The first-order valence-electron chi connectivity index (χ1n) is 13.3. The summed E-state index contributed by atoms with van der Waals surface area (Å²) < 4.78 is 3.61. The Hall–Kier alpha value is -4.46. The normalized spacial score (nSPS) is 18.9. The Morgan fingerprint density at radius 2 is 2.07 bits per heavy atom. The van der Waals surface area contributed by atoms with Crippen LogP contribution in [0.4, 0.5) is 11.1 Å². The Kier molecular flexibility index (Phi) is 9.14. The molecule has 3 aromatic heterocycles. The molecule has 0 radical (unpaired) electrons. The van der Waals surface area contributed by atoms with E-state index in [1.54, 1.807) is 10.8 Å². The molecule has 0 bridgehead atoms. The highest BCUT2D eigenvalue weighted by Gasteiger charge is 2.54. The van der Waals surface area contributed by atoms with Crippen molar-refractivity contribution in [2.45, 2.75) is 37.5 Å². The Morgan fingerprint density at radius 1 is 1.31 bits per heavy atom. The van der Waals surface area contributed by atoms with Crippen LogP contribution >= 0.6 is 34.7 Å². The van der Waals surface area contributed by atoms with E-state index in [9.17, 15) is 24.3 Å². The topological polar surface area (TPSA) is 244 Å². The number of aliphatic carboxylic acids is 2. The molecule has 45 heavy (non-hydrogen) atoms. The van der Waals surface area contributed by atoms with Gasteiger partial charge in [0.05, 0.1) is 6.20 Å². The number of thioether (sulfide) groups is 1. The number of fused-ring (bicyclic) bond motifs is 2. The Labute approximate surface area is 267 Å². The number of halogens is 1. The second-order valence-corrected chi connectivity index (χ2v) is 12.6. The monoisotopic (exact) mass is 679 g/mol. The molecule has 2 aliphatic rings. The van der Waals surface area contributed by atoms with Gasteiger partial charge in [0.25, 0.3) is 11.8 Å². The van der Waals surface area contributed by atoms with Crippen molar-refractivity contribution >= 4 is 86.4 Å². The van der Waals surface area contributed by atoms with Gasteiger partial charge in [0, 0.05) is 24.4 Å². The molecule has 2 amide bonds. The van der Waals surface area contributed by atoms with Crippen LogP contribution in [0.25, 0.3) is 11.2 Å². The fraction of sp³-hybridized carbons (Fsp3) is 0.360. The maximum absolute atomic E-state index is 13.3. The number of carbonyl (C=O) groups excluding carboxylic acids is 2. The minimum Gasteiger partial charge on any atom is -0.478 e. The molecular weight excluding hydrogens is 652 g/mol. The number of rotatable bonds is 12. The second-order valence-electron chi connectivity index (χ2n) is 9.89. The summed E-state index contributed by atoms with van der Waals surface area (Å²) in [5, 5.41) is 27.8. The number of nitrogen functional groups attached to an aromatic ring is 2. The van der Waals surface area contributed by atoms with Crippen molar-refractivity contribution in [1.29, 1.82) is 0 Å². The first-order valence-corrected chi connectivity index (χ1v) is 15.6. The summed E-state index contributed by atoms with van der Waals surface area (Å²) in [5.74, 6) is -3.70. The summed E-state index contributed by atoms with van der Waals surface area (Å²) in [4.78, 5) is 64.9. The van der Waals surface area contributed by atoms with Gasteiger partial charge < -0.3 is 37.2 Å². The molecule has 8 N–H and O–H groups in total. The van der Waals surface area contributed by atoms with E-state index in [-0.39, 0.29) is 33.2 Å². The van der Waals surface area contributed by atoms with Gasteiger partial charge in [-0.2, -0.15) is 0 Å². The number of hydrogen-bond donors (Lipinski definition) is 6. The first kappa shape index (κ1) is 31.9. The minimum atomic E-state index is -1.42. The third-order valence-electron chi connectivity index (χ3n) is 6.98. The molecule has 2 aliphatic heterocycles. The minimum absolute atomic E-state index is 0.0107. The van der Waals surface area contributed by atoms with Gasteiger partial charge in [0.1, 0.15) is 39.2 Å². The third kappa shape index (κ3) is 6.10. The van der Waals surface area contributed by atoms with E-state index < -0.39 is 47.0 Å². The second kappa shape index (κ2) is 12.9. The smallest absolute Gasteiger partial charge is 0.352 e. The Balaban J connectivity index is 1.39. The molecule has 3 atom stereocenters. The first-order chi connectivity index (χ1) is 21.4. The lowest BCUT2D eigenvalue weighted by Crippen LogP contribution is -2.71. The maximum atomic E-state index is 13.3. The van der Waals surface area contributed by atoms with Crippen LogP contribution in [0.1, 0.15) is 12.6 Å².